The molecular formula is C23H21FN2O4S. The monoisotopic (exact) mass is 440 g/mol. The van der Waals surface area contributed by atoms with Gasteiger partial charge in [0.2, 0.25) is 0 Å². The molecule has 1 N–H and O–H groups in total. The Hall–Kier alpha value is -3.39. The summed E-state index contributed by atoms with van der Waals surface area (Å²) in [5.41, 5.74) is 1.10. The van der Waals surface area contributed by atoms with Gasteiger partial charge in [-0.05, 0) is 48.9 Å². The molecule has 0 aromatic heterocycles. The number of para-hydroxylation sites is 2. The van der Waals surface area contributed by atoms with Crippen LogP contribution in [0.2, 0.25) is 0 Å². The lowest BCUT2D eigenvalue weighted by Gasteiger charge is -2.35. The molecule has 4 rings (SSSR count). The summed E-state index contributed by atoms with van der Waals surface area (Å²) < 4.78 is 46.8. The van der Waals surface area contributed by atoms with Gasteiger partial charge in [0.15, 0.2) is 6.10 Å². The third-order valence-corrected chi connectivity index (χ3v) is 6.88. The Morgan fingerprint density at radius 3 is 2.39 bits per heavy atom. The average Bonchev–Trinajstić information content (AvgIpc) is 2.79. The van der Waals surface area contributed by atoms with Gasteiger partial charge in [0.25, 0.3) is 15.9 Å². The first kappa shape index (κ1) is 20.9. The summed E-state index contributed by atoms with van der Waals surface area (Å²) in [6, 6.07) is 20.2. The number of hydrogen-bond acceptors (Lipinski definition) is 4. The minimum Gasteiger partial charge on any atom is -0.476 e. The highest BCUT2D eigenvalue weighted by atomic mass is 32.2. The van der Waals surface area contributed by atoms with Crippen LogP contribution in [0.15, 0.2) is 83.8 Å². The topological polar surface area (TPSA) is 75.7 Å². The van der Waals surface area contributed by atoms with Crippen LogP contribution >= 0.6 is 0 Å². The Labute approximate surface area is 180 Å². The average molecular weight is 440 g/mol. The maximum atomic E-state index is 13.3. The van der Waals surface area contributed by atoms with E-state index in [9.17, 15) is 17.6 Å². The number of hydrogen-bond donors (Lipinski definition) is 1. The van der Waals surface area contributed by atoms with Gasteiger partial charge in [-0.3, -0.25) is 9.10 Å². The van der Waals surface area contributed by atoms with Gasteiger partial charge in [0.05, 0.1) is 23.2 Å². The minimum atomic E-state index is -3.90. The molecule has 31 heavy (non-hydrogen) atoms. The number of nitrogens with zero attached hydrogens (tertiary/aromatic N) is 1. The largest absolute Gasteiger partial charge is 0.476 e. The predicted octanol–water partition coefficient (Wildman–Crippen LogP) is 3.66. The number of benzene rings is 3. The normalized spacial score (nSPS) is 16.7. The van der Waals surface area contributed by atoms with Crippen molar-refractivity contribution in [1.29, 1.82) is 0 Å². The number of rotatable bonds is 5. The van der Waals surface area contributed by atoms with Crippen molar-refractivity contribution < 1.29 is 22.3 Å². The Morgan fingerprint density at radius 1 is 1.03 bits per heavy atom. The first-order chi connectivity index (χ1) is 14.9. The fourth-order valence-electron chi connectivity index (χ4n) is 3.43. The fraction of sp³-hybridized carbons (Fsp3) is 0.174. The van der Waals surface area contributed by atoms with E-state index in [0.717, 1.165) is 5.56 Å². The summed E-state index contributed by atoms with van der Waals surface area (Å²) in [5, 5.41) is 2.82. The number of fused-ring (bicyclic) bond motifs is 1. The number of anilines is 1. The van der Waals surface area contributed by atoms with E-state index in [2.05, 4.69) is 5.32 Å². The summed E-state index contributed by atoms with van der Waals surface area (Å²) in [7, 11) is -3.90. The molecule has 1 amide bonds. The van der Waals surface area contributed by atoms with E-state index in [1.165, 1.54) is 28.6 Å². The lowest BCUT2D eigenvalue weighted by atomic mass is 10.1. The first-order valence-corrected chi connectivity index (χ1v) is 11.2. The predicted molar refractivity (Wildman–Crippen MR) is 115 cm³/mol. The number of amides is 1. The van der Waals surface area contributed by atoms with Crippen LogP contribution in [-0.4, -0.2) is 27.0 Å². The summed E-state index contributed by atoms with van der Waals surface area (Å²) in [5.74, 6) is -0.515. The lowest BCUT2D eigenvalue weighted by molar-refractivity contribution is -0.128. The number of carbonyl (C=O) groups is 1. The van der Waals surface area contributed by atoms with Gasteiger partial charge >= 0.3 is 0 Å². The first-order valence-electron chi connectivity index (χ1n) is 9.75. The van der Waals surface area contributed by atoms with Crippen molar-refractivity contribution in [2.75, 3.05) is 10.8 Å². The van der Waals surface area contributed by atoms with Crippen molar-refractivity contribution in [3.8, 4) is 5.75 Å². The molecule has 0 fully saturated rings. The van der Waals surface area contributed by atoms with Crippen LogP contribution in [0.1, 0.15) is 18.5 Å². The smallest absolute Gasteiger partial charge is 0.264 e. The number of ether oxygens (including phenoxy) is 1. The second kappa shape index (κ2) is 8.39. The Balaban J connectivity index is 1.60. The molecule has 6 nitrogen and oxygen atoms in total. The van der Waals surface area contributed by atoms with Crippen molar-refractivity contribution in [3.63, 3.8) is 0 Å². The van der Waals surface area contributed by atoms with Crippen molar-refractivity contribution in [2.24, 2.45) is 0 Å². The molecule has 0 unspecified atom stereocenters. The van der Waals surface area contributed by atoms with Crippen LogP contribution in [-0.2, 0) is 14.8 Å². The highest BCUT2D eigenvalue weighted by Gasteiger charge is 2.37. The van der Waals surface area contributed by atoms with Crippen LogP contribution < -0.4 is 14.4 Å². The van der Waals surface area contributed by atoms with Crippen LogP contribution in [0, 0.1) is 5.82 Å². The maximum absolute atomic E-state index is 13.3. The molecule has 1 aliphatic heterocycles. The Kier molecular flexibility index (Phi) is 5.65. The van der Waals surface area contributed by atoms with Gasteiger partial charge < -0.3 is 10.1 Å². The van der Waals surface area contributed by atoms with Gasteiger partial charge in [-0.15, -0.1) is 0 Å². The zero-order valence-electron chi connectivity index (χ0n) is 16.7. The van der Waals surface area contributed by atoms with Crippen molar-refractivity contribution >= 4 is 21.6 Å². The highest BCUT2D eigenvalue weighted by Crippen LogP contribution is 2.36. The molecule has 2 atom stereocenters. The minimum absolute atomic E-state index is 0.130. The quantitative estimate of drug-likeness (QED) is 0.657. The van der Waals surface area contributed by atoms with Crippen LogP contribution in [0.5, 0.6) is 5.75 Å². The Bertz CT molecular complexity index is 1180. The van der Waals surface area contributed by atoms with Gasteiger partial charge in [-0.25, -0.2) is 12.8 Å². The van der Waals surface area contributed by atoms with E-state index in [-0.39, 0.29) is 17.3 Å². The van der Waals surface area contributed by atoms with E-state index in [1.807, 2.05) is 0 Å². The molecule has 1 heterocycles. The van der Waals surface area contributed by atoms with Gasteiger partial charge in [0, 0.05) is 0 Å². The lowest BCUT2D eigenvalue weighted by Crippen LogP contribution is -2.51. The second-order valence-electron chi connectivity index (χ2n) is 7.21. The number of halogens is 1. The zero-order chi connectivity index (χ0) is 22.0. The number of carbonyl (C=O) groups excluding carboxylic acids is 1. The molecule has 1 aliphatic rings. The second-order valence-corrected chi connectivity index (χ2v) is 9.07. The molecule has 0 bridgehead atoms. The highest BCUT2D eigenvalue weighted by molar-refractivity contribution is 7.92. The van der Waals surface area contributed by atoms with Crippen molar-refractivity contribution in [1.82, 2.24) is 5.32 Å². The molecular weight excluding hydrogens is 419 g/mol. The third-order valence-electron chi connectivity index (χ3n) is 5.09. The molecule has 3 aromatic rings. The van der Waals surface area contributed by atoms with Crippen molar-refractivity contribution in [3.05, 3.63) is 90.2 Å². The molecule has 0 radical (unpaired) electrons. The van der Waals surface area contributed by atoms with E-state index in [0.29, 0.717) is 11.4 Å². The Morgan fingerprint density at radius 2 is 1.68 bits per heavy atom. The maximum Gasteiger partial charge on any atom is 0.264 e. The van der Waals surface area contributed by atoms with Gasteiger partial charge in [-0.1, -0.05) is 42.5 Å². The van der Waals surface area contributed by atoms with E-state index in [1.54, 1.807) is 61.5 Å². The standard InChI is InChI=1S/C23H21FN2O4S/c1-16(17-11-13-18(24)14-12-17)25-23(27)22-15-26(20-9-5-6-10-21(20)30-22)31(28,29)19-7-3-2-4-8-19/h2-14,16,22H,15H2,1H3,(H,25,27)/t16-,22+/m1/s1. The molecule has 0 aliphatic carbocycles. The SMILES string of the molecule is C[C@@H](NC(=O)[C@@H]1CN(S(=O)(=O)c2ccccc2)c2ccccc2O1)c1ccc(F)cc1. The van der Waals surface area contributed by atoms with Crippen LogP contribution in [0.25, 0.3) is 0 Å². The van der Waals surface area contributed by atoms with E-state index >= 15 is 0 Å². The molecule has 3 aromatic carbocycles. The summed E-state index contributed by atoms with van der Waals surface area (Å²) in [6.45, 7) is 1.59. The summed E-state index contributed by atoms with van der Waals surface area (Å²) in [6.07, 6.45) is -1.05. The van der Waals surface area contributed by atoms with Crippen LogP contribution in [0.4, 0.5) is 10.1 Å². The zero-order valence-corrected chi connectivity index (χ0v) is 17.6. The molecule has 8 heteroatoms. The van der Waals surface area contributed by atoms with Crippen LogP contribution in [0.3, 0.4) is 0 Å². The third kappa shape index (κ3) is 4.25. The summed E-state index contributed by atoms with van der Waals surface area (Å²) in [4.78, 5) is 13.1. The molecule has 0 spiro atoms. The van der Waals surface area contributed by atoms with Crippen molar-refractivity contribution in [2.45, 2.75) is 24.0 Å². The molecule has 0 saturated heterocycles. The summed E-state index contributed by atoms with van der Waals surface area (Å²) >= 11 is 0. The van der Waals surface area contributed by atoms with E-state index in [4.69, 9.17) is 4.74 Å². The number of sulfonamides is 1. The van der Waals surface area contributed by atoms with Gasteiger partial charge in [0.1, 0.15) is 11.6 Å². The van der Waals surface area contributed by atoms with Gasteiger partial charge in [-0.2, -0.15) is 0 Å². The molecule has 160 valence electrons. The number of nitrogens with one attached hydrogen (secondary N) is 1. The molecule has 0 saturated carbocycles. The van der Waals surface area contributed by atoms with E-state index < -0.39 is 28.1 Å². The fourth-order valence-corrected chi connectivity index (χ4v) is 4.92.